The zero-order chi connectivity index (χ0) is 18.1. The molecule has 1 aliphatic heterocycles. The Morgan fingerprint density at radius 1 is 1.08 bits per heavy atom. The van der Waals surface area contributed by atoms with Crippen LogP contribution in [-0.4, -0.2) is 13.4 Å². The molecule has 0 saturated carbocycles. The molecule has 2 aromatic carbocycles. The first-order valence-electron chi connectivity index (χ1n) is 7.79. The molecule has 132 valence electrons. The molecule has 26 heavy (non-hydrogen) atoms. The Balaban J connectivity index is 1.69. The summed E-state index contributed by atoms with van der Waals surface area (Å²) >= 11 is 6.19. The number of hydrogen-bond donors (Lipinski definition) is 2. The Kier molecular flexibility index (Phi) is 4.28. The van der Waals surface area contributed by atoms with Gasteiger partial charge in [0.1, 0.15) is 5.75 Å². The molecule has 0 fully saturated rings. The van der Waals surface area contributed by atoms with E-state index in [9.17, 15) is 8.42 Å². The molecule has 1 aromatic heterocycles. The maximum absolute atomic E-state index is 11.8. The molecule has 0 saturated heterocycles. The monoisotopic (exact) mass is 387 g/mol. The average Bonchev–Trinajstić information content (AvgIpc) is 2.63. The number of ether oxygens (including phenoxy) is 1. The van der Waals surface area contributed by atoms with Gasteiger partial charge in [0, 0.05) is 35.0 Å². The molecule has 0 radical (unpaired) electrons. The highest BCUT2D eigenvalue weighted by Gasteiger charge is 2.23. The number of hydrogen-bond acceptors (Lipinski definition) is 4. The second kappa shape index (κ2) is 6.60. The number of nitrogens with zero attached hydrogens (tertiary/aromatic N) is 1. The fraction of sp³-hybridized carbons (Fsp3) is 0.0556. The molecular formula is C18H14ClN3O3S. The third kappa shape index (κ3) is 3.50. The molecule has 0 bridgehead atoms. The first-order valence-corrected chi connectivity index (χ1v) is 9.65. The second-order valence-electron chi connectivity index (χ2n) is 5.71. The van der Waals surface area contributed by atoms with Crippen molar-refractivity contribution in [3.63, 3.8) is 0 Å². The molecule has 0 atom stereocenters. The molecular weight excluding hydrogens is 374 g/mol. The zero-order valence-corrected chi connectivity index (χ0v) is 15.0. The highest BCUT2D eigenvalue weighted by Crippen LogP contribution is 2.36. The van der Waals surface area contributed by atoms with E-state index in [1.807, 2.05) is 36.4 Å². The SMILES string of the molecule is O=S1(=O)NCc2cc(Cl)cc(-c3ccc(Oc4ccccc4)nc3)c2N1. The lowest BCUT2D eigenvalue weighted by Gasteiger charge is -2.22. The van der Waals surface area contributed by atoms with Gasteiger partial charge in [-0.25, -0.2) is 4.98 Å². The van der Waals surface area contributed by atoms with Crippen molar-refractivity contribution in [2.24, 2.45) is 0 Å². The van der Waals surface area contributed by atoms with Gasteiger partial charge < -0.3 is 4.74 Å². The van der Waals surface area contributed by atoms with E-state index in [1.54, 1.807) is 24.4 Å². The van der Waals surface area contributed by atoms with E-state index in [-0.39, 0.29) is 6.54 Å². The maximum Gasteiger partial charge on any atom is 0.299 e. The number of fused-ring (bicyclic) bond motifs is 1. The summed E-state index contributed by atoms with van der Waals surface area (Å²) in [5.41, 5.74) is 2.67. The molecule has 0 spiro atoms. The second-order valence-corrected chi connectivity index (χ2v) is 7.65. The third-order valence-corrected chi connectivity index (χ3v) is 5.10. The number of halogens is 1. The molecule has 4 rings (SSSR count). The van der Waals surface area contributed by atoms with E-state index in [4.69, 9.17) is 16.3 Å². The average molecular weight is 388 g/mol. The van der Waals surface area contributed by atoms with Gasteiger partial charge in [0.2, 0.25) is 5.88 Å². The number of nitrogens with one attached hydrogen (secondary N) is 2. The van der Waals surface area contributed by atoms with Gasteiger partial charge in [0.25, 0.3) is 10.2 Å². The van der Waals surface area contributed by atoms with Gasteiger partial charge in [-0.15, -0.1) is 0 Å². The van der Waals surface area contributed by atoms with Crippen LogP contribution in [0.2, 0.25) is 5.02 Å². The highest BCUT2D eigenvalue weighted by atomic mass is 35.5. The van der Waals surface area contributed by atoms with Gasteiger partial charge in [-0.3, -0.25) is 4.72 Å². The number of aromatic nitrogens is 1. The van der Waals surface area contributed by atoms with Crippen molar-refractivity contribution < 1.29 is 13.2 Å². The Morgan fingerprint density at radius 2 is 1.88 bits per heavy atom. The van der Waals surface area contributed by atoms with Gasteiger partial charge in [-0.1, -0.05) is 29.8 Å². The Labute approximate surface area is 156 Å². The fourth-order valence-corrected chi connectivity index (χ4v) is 3.87. The lowest BCUT2D eigenvalue weighted by molar-refractivity contribution is 0.463. The van der Waals surface area contributed by atoms with Gasteiger partial charge in [0.15, 0.2) is 0 Å². The molecule has 2 heterocycles. The zero-order valence-electron chi connectivity index (χ0n) is 13.4. The van der Waals surface area contributed by atoms with Crippen molar-refractivity contribution >= 4 is 27.5 Å². The largest absolute Gasteiger partial charge is 0.439 e. The summed E-state index contributed by atoms with van der Waals surface area (Å²) < 4.78 is 34.3. The molecule has 1 aliphatic rings. The van der Waals surface area contributed by atoms with Crippen molar-refractivity contribution in [3.05, 3.63) is 71.4 Å². The van der Waals surface area contributed by atoms with Gasteiger partial charge in [-0.2, -0.15) is 13.1 Å². The van der Waals surface area contributed by atoms with Gasteiger partial charge in [0.05, 0.1) is 5.69 Å². The van der Waals surface area contributed by atoms with Gasteiger partial charge in [-0.05, 0) is 35.9 Å². The first-order chi connectivity index (χ1) is 12.5. The lowest BCUT2D eigenvalue weighted by atomic mass is 10.0. The van der Waals surface area contributed by atoms with Crippen LogP contribution in [0.25, 0.3) is 11.1 Å². The molecule has 6 nitrogen and oxygen atoms in total. The summed E-state index contributed by atoms with van der Waals surface area (Å²) in [4.78, 5) is 4.31. The quantitative estimate of drug-likeness (QED) is 0.713. The normalized spacial score (nSPS) is 15.0. The third-order valence-electron chi connectivity index (χ3n) is 3.89. The van der Waals surface area contributed by atoms with E-state index in [1.165, 1.54) is 0 Å². The summed E-state index contributed by atoms with van der Waals surface area (Å²) in [6.07, 6.45) is 1.63. The van der Waals surface area contributed by atoms with Crippen LogP contribution in [0, 0.1) is 0 Å². The molecule has 3 aromatic rings. The predicted molar refractivity (Wildman–Crippen MR) is 101 cm³/mol. The minimum absolute atomic E-state index is 0.181. The van der Waals surface area contributed by atoms with Crippen molar-refractivity contribution in [1.82, 2.24) is 9.71 Å². The predicted octanol–water partition coefficient (Wildman–Crippen LogP) is 3.95. The van der Waals surface area contributed by atoms with Crippen molar-refractivity contribution in [1.29, 1.82) is 0 Å². The van der Waals surface area contributed by atoms with Crippen LogP contribution in [0.5, 0.6) is 11.6 Å². The first kappa shape index (κ1) is 16.8. The van der Waals surface area contributed by atoms with E-state index in [0.717, 1.165) is 11.1 Å². The summed E-state index contributed by atoms with van der Waals surface area (Å²) in [6, 6.07) is 16.3. The number of rotatable bonds is 3. The number of anilines is 1. The van der Waals surface area contributed by atoms with Crippen molar-refractivity contribution in [3.8, 4) is 22.8 Å². The summed E-state index contributed by atoms with van der Waals surface area (Å²) in [6.45, 7) is 0.181. The molecule has 0 amide bonds. The number of pyridine rings is 1. The summed E-state index contributed by atoms with van der Waals surface area (Å²) in [5, 5.41) is 0.520. The Morgan fingerprint density at radius 3 is 2.62 bits per heavy atom. The van der Waals surface area contributed by atoms with Crippen LogP contribution in [0.3, 0.4) is 0 Å². The van der Waals surface area contributed by atoms with E-state index < -0.39 is 10.2 Å². The molecule has 2 N–H and O–H groups in total. The molecule has 0 unspecified atom stereocenters. The number of benzene rings is 2. The van der Waals surface area contributed by atoms with Crippen LogP contribution >= 0.6 is 11.6 Å². The Bertz CT molecular complexity index is 1060. The van der Waals surface area contributed by atoms with E-state index >= 15 is 0 Å². The summed E-state index contributed by atoms with van der Waals surface area (Å²) in [7, 11) is -3.58. The topological polar surface area (TPSA) is 80.3 Å². The fourth-order valence-electron chi connectivity index (χ4n) is 2.70. The highest BCUT2D eigenvalue weighted by molar-refractivity contribution is 7.90. The van der Waals surface area contributed by atoms with Crippen LogP contribution in [-0.2, 0) is 16.8 Å². The summed E-state index contributed by atoms with van der Waals surface area (Å²) in [5.74, 6) is 1.13. The molecule has 0 aliphatic carbocycles. The smallest absolute Gasteiger partial charge is 0.299 e. The standard InChI is InChI=1S/C18H14ClN3O3S/c19-14-8-13-11-21-26(23,24)22-18(13)16(9-14)12-6-7-17(20-10-12)25-15-4-2-1-3-5-15/h1-10,21-22H,11H2. The lowest BCUT2D eigenvalue weighted by Crippen LogP contribution is -2.34. The molecule has 8 heteroatoms. The number of para-hydroxylation sites is 1. The van der Waals surface area contributed by atoms with Gasteiger partial charge >= 0.3 is 0 Å². The maximum atomic E-state index is 11.8. The van der Waals surface area contributed by atoms with Crippen molar-refractivity contribution in [2.75, 3.05) is 4.72 Å². The van der Waals surface area contributed by atoms with Crippen molar-refractivity contribution in [2.45, 2.75) is 6.54 Å². The van der Waals surface area contributed by atoms with E-state index in [0.29, 0.717) is 27.9 Å². The van der Waals surface area contributed by atoms with Crippen LogP contribution < -0.4 is 14.2 Å². The minimum atomic E-state index is -3.58. The minimum Gasteiger partial charge on any atom is -0.439 e. The van der Waals surface area contributed by atoms with E-state index in [2.05, 4.69) is 14.4 Å². The van der Waals surface area contributed by atoms with Crippen LogP contribution in [0.15, 0.2) is 60.8 Å². The van der Waals surface area contributed by atoms with Crippen LogP contribution in [0.1, 0.15) is 5.56 Å². The van der Waals surface area contributed by atoms with Crippen LogP contribution in [0.4, 0.5) is 5.69 Å². The Hall–Kier alpha value is -2.61.